The molecule has 238 valence electrons. The summed E-state index contributed by atoms with van der Waals surface area (Å²) in [5.41, 5.74) is 19.5. The number of fused-ring (bicyclic) bond motifs is 14. The van der Waals surface area contributed by atoms with Crippen LogP contribution in [0.5, 0.6) is 0 Å². The normalized spacial score (nSPS) is 15.1. The molecule has 2 aromatic heterocycles. The Morgan fingerprint density at radius 3 is 1.82 bits per heavy atom. The zero-order chi connectivity index (χ0) is 33.5. The average Bonchev–Trinajstić information content (AvgIpc) is 3.83. The van der Waals surface area contributed by atoms with Crippen molar-refractivity contribution in [3.63, 3.8) is 0 Å². The molecule has 2 aliphatic rings. The lowest BCUT2D eigenvalue weighted by Crippen LogP contribution is -2.18. The van der Waals surface area contributed by atoms with Crippen LogP contribution < -0.4 is 0 Å². The van der Waals surface area contributed by atoms with E-state index in [9.17, 15) is 0 Å². The van der Waals surface area contributed by atoms with Gasteiger partial charge in [0.25, 0.3) is 0 Å². The third-order valence-electron chi connectivity index (χ3n) is 11.9. The summed E-state index contributed by atoms with van der Waals surface area (Å²) in [6.45, 7) is 9.58. The molecule has 9 aromatic rings. The summed E-state index contributed by atoms with van der Waals surface area (Å²) in [7, 11) is 0. The molecule has 0 saturated carbocycles. The minimum atomic E-state index is -0.103. The monoisotopic (exact) mass is 642 g/mol. The fourth-order valence-corrected chi connectivity index (χ4v) is 9.42. The minimum absolute atomic E-state index is 0.0557. The van der Waals surface area contributed by atoms with Crippen molar-refractivity contribution in [2.75, 3.05) is 0 Å². The van der Waals surface area contributed by atoms with Crippen molar-refractivity contribution in [3.05, 3.63) is 156 Å². The van der Waals surface area contributed by atoms with Gasteiger partial charge in [0.15, 0.2) is 0 Å². The summed E-state index contributed by atoms with van der Waals surface area (Å²) >= 11 is 0. The summed E-state index contributed by atoms with van der Waals surface area (Å²) < 4.78 is 12.6. The number of para-hydroxylation sites is 1. The molecule has 0 N–H and O–H groups in total. The van der Waals surface area contributed by atoms with Crippen LogP contribution in [-0.4, -0.2) is 0 Å². The molecular formula is C48H34O2. The molecule has 0 fully saturated rings. The summed E-state index contributed by atoms with van der Waals surface area (Å²) in [6, 6.07) is 48.7. The fraction of sp³-hybridized carbons (Fsp3) is 0.125. The van der Waals surface area contributed by atoms with Crippen molar-refractivity contribution in [2.24, 2.45) is 0 Å². The Morgan fingerprint density at radius 1 is 0.380 bits per heavy atom. The Labute approximate surface area is 290 Å². The van der Waals surface area contributed by atoms with Gasteiger partial charge in [-0.1, -0.05) is 119 Å². The van der Waals surface area contributed by atoms with Crippen molar-refractivity contribution in [1.29, 1.82) is 0 Å². The van der Waals surface area contributed by atoms with Crippen LogP contribution in [0.1, 0.15) is 49.9 Å². The van der Waals surface area contributed by atoms with Crippen molar-refractivity contribution in [1.82, 2.24) is 0 Å². The first-order valence-corrected chi connectivity index (χ1v) is 17.6. The summed E-state index contributed by atoms with van der Waals surface area (Å²) in [4.78, 5) is 0. The highest BCUT2D eigenvalue weighted by molar-refractivity contribution is 6.26. The van der Waals surface area contributed by atoms with E-state index >= 15 is 0 Å². The Balaban J connectivity index is 1.04. The Hall–Kier alpha value is -5.86. The van der Waals surface area contributed by atoms with Crippen molar-refractivity contribution < 1.29 is 8.83 Å². The highest BCUT2D eigenvalue weighted by Crippen LogP contribution is 2.59. The molecule has 0 saturated heterocycles. The third-order valence-corrected chi connectivity index (χ3v) is 11.9. The maximum atomic E-state index is 6.37. The summed E-state index contributed by atoms with van der Waals surface area (Å²) in [5.74, 6) is 0. The highest BCUT2D eigenvalue weighted by Gasteiger charge is 2.44. The number of rotatable bonds is 2. The molecule has 0 radical (unpaired) electrons. The molecule has 2 aliphatic carbocycles. The molecule has 0 unspecified atom stereocenters. The van der Waals surface area contributed by atoms with Gasteiger partial charge in [0.2, 0.25) is 0 Å². The van der Waals surface area contributed by atoms with Gasteiger partial charge in [-0.2, -0.15) is 0 Å². The second-order valence-corrected chi connectivity index (χ2v) is 15.3. The highest BCUT2D eigenvalue weighted by atomic mass is 16.3. The van der Waals surface area contributed by atoms with Crippen molar-refractivity contribution in [2.45, 2.75) is 38.5 Å². The fourth-order valence-electron chi connectivity index (χ4n) is 9.42. The van der Waals surface area contributed by atoms with E-state index in [-0.39, 0.29) is 10.8 Å². The van der Waals surface area contributed by atoms with E-state index in [1.807, 2.05) is 24.3 Å². The number of benzene rings is 7. The van der Waals surface area contributed by atoms with Gasteiger partial charge in [-0.3, -0.25) is 0 Å². The number of hydrogen-bond acceptors (Lipinski definition) is 2. The first-order valence-electron chi connectivity index (χ1n) is 17.6. The second-order valence-electron chi connectivity index (χ2n) is 15.3. The quantitative estimate of drug-likeness (QED) is 0.188. The molecule has 7 aromatic carbocycles. The smallest absolute Gasteiger partial charge is 0.136 e. The lowest BCUT2D eigenvalue weighted by Gasteiger charge is -2.26. The molecule has 2 nitrogen and oxygen atoms in total. The largest absolute Gasteiger partial charge is 0.456 e. The van der Waals surface area contributed by atoms with Crippen LogP contribution in [0.4, 0.5) is 0 Å². The molecule has 2 heterocycles. The van der Waals surface area contributed by atoms with E-state index in [4.69, 9.17) is 8.83 Å². The summed E-state index contributed by atoms with van der Waals surface area (Å²) in [5, 5.41) is 4.44. The van der Waals surface area contributed by atoms with E-state index in [1.54, 1.807) is 0 Å². The zero-order valence-electron chi connectivity index (χ0n) is 28.5. The van der Waals surface area contributed by atoms with Gasteiger partial charge in [-0.25, -0.2) is 0 Å². The lowest BCUT2D eigenvalue weighted by molar-refractivity contribution is 0.647. The van der Waals surface area contributed by atoms with Gasteiger partial charge >= 0.3 is 0 Å². The minimum Gasteiger partial charge on any atom is -0.456 e. The first-order chi connectivity index (χ1) is 24.3. The van der Waals surface area contributed by atoms with Gasteiger partial charge in [-0.15, -0.1) is 0 Å². The van der Waals surface area contributed by atoms with Crippen LogP contribution in [0.25, 0.3) is 88.4 Å². The number of hydrogen-bond donors (Lipinski definition) is 0. The lowest BCUT2D eigenvalue weighted by atomic mass is 9.77. The average molecular weight is 643 g/mol. The zero-order valence-corrected chi connectivity index (χ0v) is 28.5. The van der Waals surface area contributed by atoms with Gasteiger partial charge in [0.05, 0.1) is 0 Å². The molecule has 2 heteroatoms. The van der Waals surface area contributed by atoms with Crippen LogP contribution in [-0.2, 0) is 10.8 Å². The standard InChI is InChI=1S/C48H34O2/c1-47(2)37-20-19-32-31-12-5-7-14-36(31)48(3,4)46(32)43(37)33-18-16-30(26-38(33)47)28-11-9-10-27(24-28)29-17-21-40-35(25-29)45-42(50-40)23-22-41-44(45)34-13-6-8-15-39(34)49-41/h5-26H,1-4H3. The molecule has 11 rings (SSSR count). The van der Waals surface area contributed by atoms with Crippen LogP contribution in [0.3, 0.4) is 0 Å². The van der Waals surface area contributed by atoms with Crippen LogP contribution in [0.15, 0.2) is 142 Å². The van der Waals surface area contributed by atoms with Crippen LogP contribution in [0.2, 0.25) is 0 Å². The summed E-state index contributed by atoms with van der Waals surface area (Å²) in [6.07, 6.45) is 0. The predicted molar refractivity (Wildman–Crippen MR) is 207 cm³/mol. The molecule has 0 spiro atoms. The SMILES string of the molecule is CC1(C)c2cc(-c3cccc(-c4ccc5oc6ccc7oc8ccccc8c7c6c5c4)c3)ccc2-c2c1ccc1c2C(C)(C)c2ccccc2-1. The predicted octanol–water partition coefficient (Wildman–Crippen LogP) is 13.4. The topological polar surface area (TPSA) is 26.3 Å². The van der Waals surface area contributed by atoms with E-state index < -0.39 is 0 Å². The molecule has 0 amide bonds. The molecular weight excluding hydrogens is 609 g/mol. The van der Waals surface area contributed by atoms with E-state index in [0.717, 1.165) is 49.4 Å². The second kappa shape index (κ2) is 9.43. The van der Waals surface area contributed by atoms with Crippen molar-refractivity contribution in [3.8, 4) is 44.5 Å². The number of furan rings is 2. The molecule has 0 atom stereocenters. The van der Waals surface area contributed by atoms with Crippen LogP contribution in [0, 0.1) is 0 Å². The maximum Gasteiger partial charge on any atom is 0.136 e. The first kappa shape index (κ1) is 28.0. The third kappa shape index (κ3) is 3.53. The van der Waals surface area contributed by atoms with Gasteiger partial charge in [0.1, 0.15) is 22.3 Å². The molecule has 0 aliphatic heterocycles. The van der Waals surface area contributed by atoms with Gasteiger partial charge in [0, 0.05) is 32.4 Å². The van der Waals surface area contributed by atoms with Gasteiger partial charge in [-0.05, 0) is 109 Å². The molecule has 0 bridgehead atoms. The Morgan fingerprint density at radius 2 is 1.00 bits per heavy atom. The van der Waals surface area contributed by atoms with E-state index in [2.05, 4.69) is 137 Å². The maximum absolute atomic E-state index is 6.37. The van der Waals surface area contributed by atoms with E-state index in [0.29, 0.717) is 0 Å². The van der Waals surface area contributed by atoms with Gasteiger partial charge < -0.3 is 8.83 Å². The Bertz CT molecular complexity index is 2930. The Kier molecular flexibility index (Phi) is 5.28. The molecule has 50 heavy (non-hydrogen) atoms. The van der Waals surface area contributed by atoms with E-state index in [1.165, 1.54) is 61.2 Å². The van der Waals surface area contributed by atoms with Crippen molar-refractivity contribution >= 4 is 43.9 Å². The van der Waals surface area contributed by atoms with Crippen LogP contribution >= 0.6 is 0 Å².